The quantitative estimate of drug-likeness (QED) is 0.880. The van der Waals surface area contributed by atoms with Gasteiger partial charge in [-0.1, -0.05) is 6.08 Å². The van der Waals surface area contributed by atoms with Gasteiger partial charge in [0.25, 0.3) is 0 Å². The van der Waals surface area contributed by atoms with E-state index in [1.807, 2.05) is 6.07 Å². The second-order valence-corrected chi connectivity index (χ2v) is 6.88. The van der Waals surface area contributed by atoms with Crippen molar-refractivity contribution >= 4 is 27.6 Å². The summed E-state index contributed by atoms with van der Waals surface area (Å²) in [5.41, 5.74) is 2.61. The molecule has 6 nitrogen and oxygen atoms in total. The van der Waals surface area contributed by atoms with E-state index in [0.717, 1.165) is 36.1 Å². The predicted octanol–water partition coefficient (Wildman–Crippen LogP) is 1.22. The Bertz CT molecular complexity index is 710. The highest BCUT2D eigenvalue weighted by Crippen LogP contribution is 2.35. The van der Waals surface area contributed by atoms with Crippen LogP contribution in [0.1, 0.15) is 12.0 Å². The first-order valence-corrected chi connectivity index (χ1v) is 8.61. The summed E-state index contributed by atoms with van der Waals surface area (Å²) in [6, 6.07) is 5.44. The lowest BCUT2D eigenvalue weighted by Gasteiger charge is -2.21. The molecule has 1 atom stereocenters. The van der Waals surface area contributed by atoms with Gasteiger partial charge in [0, 0.05) is 24.2 Å². The van der Waals surface area contributed by atoms with E-state index in [4.69, 9.17) is 4.74 Å². The maximum Gasteiger partial charge on any atom is 0.229 e. The molecule has 0 spiro atoms. The number of fused-ring (bicyclic) bond motifs is 1. The molecule has 2 aliphatic rings. The maximum absolute atomic E-state index is 11.3. The number of nitrogens with zero attached hydrogens (tertiary/aromatic N) is 1. The van der Waals surface area contributed by atoms with Crippen LogP contribution in [-0.4, -0.2) is 40.2 Å². The molecular formula is C14H17N3O3S. The Kier molecular flexibility index (Phi) is 3.59. The lowest BCUT2D eigenvalue weighted by molar-refractivity contribution is 0.316. The van der Waals surface area contributed by atoms with Gasteiger partial charge in [0.15, 0.2) is 0 Å². The fourth-order valence-corrected chi connectivity index (χ4v) is 3.03. The van der Waals surface area contributed by atoms with Crippen molar-refractivity contribution in [2.75, 3.05) is 24.1 Å². The van der Waals surface area contributed by atoms with Crippen LogP contribution in [0.25, 0.3) is 5.57 Å². The van der Waals surface area contributed by atoms with Gasteiger partial charge in [-0.3, -0.25) is 9.71 Å². The average Bonchev–Trinajstić information content (AvgIpc) is 2.90. The molecule has 1 unspecified atom stereocenters. The van der Waals surface area contributed by atoms with Gasteiger partial charge in [-0.25, -0.2) is 8.42 Å². The lowest BCUT2D eigenvalue weighted by Crippen LogP contribution is -2.15. The van der Waals surface area contributed by atoms with Crippen molar-refractivity contribution in [1.29, 1.82) is 0 Å². The molecule has 2 heterocycles. The van der Waals surface area contributed by atoms with Crippen molar-refractivity contribution in [3.05, 3.63) is 29.8 Å². The largest absolute Gasteiger partial charge is 0.493 e. The molecule has 0 aliphatic carbocycles. The van der Waals surface area contributed by atoms with Crippen LogP contribution in [-0.2, 0) is 10.0 Å². The summed E-state index contributed by atoms with van der Waals surface area (Å²) >= 11 is 0. The van der Waals surface area contributed by atoms with E-state index in [-0.39, 0.29) is 6.04 Å². The third kappa shape index (κ3) is 3.36. The molecular weight excluding hydrogens is 290 g/mol. The van der Waals surface area contributed by atoms with Crippen LogP contribution in [0, 0.1) is 0 Å². The van der Waals surface area contributed by atoms with Crippen molar-refractivity contribution in [3.8, 4) is 5.75 Å². The number of hydrogen-bond donors (Lipinski definition) is 2. The molecule has 112 valence electrons. The highest BCUT2D eigenvalue weighted by molar-refractivity contribution is 7.92. The number of aliphatic imine (C=N–C) groups is 1. The van der Waals surface area contributed by atoms with Gasteiger partial charge in [0.1, 0.15) is 5.75 Å². The molecule has 0 saturated carbocycles. The Balaban J connectivity index is 1.95. The second kappa shape index (κ2) is 5.40. The summed E-state index contributed by atoms with van der Waals surface area (Å²) in [7, 11) is -3.29. The van der Waals surface area contributed by atoms with E-state index in [9.17, 15) is 8.42 Å². The number of benzene rings is 1. The molecule has 0 bridgehead atoms. The van der Waals surface area contributed by atoms with Gasteiger partial charge in [-0.2, -0.15) is 0 Å². The molecule has 2 N–H and O–H groups in total. The molecule has 0 amide bonds. The summed E-state index contributed by atoms with van der Waals surface area (Å²) in [6.45, 7) is 1.42. The minimum absolute atomic E-state index is 0.123. The van der Waals surface area contributed by atoms with Crippen molar-refractivity contribution in [1.82, 2.24) is 5.32 Å². The van der Waals surface area contributed by atoms with E-state index in [1.54, 1.807) is 18.5 Å². The van der Waals surface area contributed by atoms with E-state index in [2.05, 4.69) is 21.1 Å². The van der Waals surface area contributed by atoms with Crippen LogP contribution in [0.5, 0.6) is 5.75 Å². The Morgan fingerprint density at radius 3 is 3.05 bits per heavy atom. The number of hydrogen-bond acceptors (Lipinski definition) is 5. The molecule has 7 heteroatoms. The lowest BCUT2D eigenvalue weighted by atomic mass is 9.97. The van der Waals surface area contributed by atoms with Crippen LogP contribution < -0.4 is 14.8 Å². The van der Waals surface area contributed by atoms with Gasteiger partial charge in [-0.05, 0) is 23.8 Å². The summed E-state index contributed by atoms with van der Waals surface area (Å²) < 4.78 is 30.8. The Morgan fingerprint density at radius 1 is 1.48 bits per heavy atom. The number of ether oxygens (including phenoxy) is 1. The smallest absolute Gasteiger partial charge is 0.229 e. The predicted molar refractivity (Wildman–Crippen MR) is 83.3 cm³/mol. The molecule has 0 aromatic heterocycles. The van der Waals surface area contributed by atoms with Gasteiger partial charge in [0.05, 0.1) is 25.2 Å². The summed E-state index contributed by atoms with van der Waals surface area (Å²) in [6.07, 6.45) is 5.76. The molecule has 1 aromatic rings. The summed E-state index contributed by atoms with van der Waals surface area (Å²) in [4.78, 5) is 4.32. The molecule has 3 rings (SSSR count). The van der Waals surface area contributed by atoms with Crippen LogP contribution >= 0.6 is 0 Å². The van der Waals surface area contributed by atoms with E-state index in [1.165, 1.54) is 0 Å². The molecule has 0 radical (unpaired) electrons. The average molecular weight is 307 g/mol. The van der Waals surface area contributed by atoms with E-state index in [0.29, 0.717) is 12.3 Å². The number of sulfonamides is 1. The van der Waals surface area contributed by atoms with Gasteiger partial charge >= 0.3 is 0 Å². The number of nitrogens with one attached hydrogen (secondary N) is 2. The van der Waals surface area contributed by atoms with E-state index >= 15 is 0 Å². The SMILES string of the molecule is CS(=O)(=O)Nc1ccc2c(c1)/C(=C/C1CNC=N1)CCO2. The van der Waals surface area contributed by atoms with Crippen molar-refractivity contribution in [2.24, 2.45) is 4.99 Å². The normalized spacial score (nSPS) is 22.5. The van der Waals surface area contributed by atoms with E-state index < -0.39 is 10.0 Å². The van der Waals surface area contributed by atoms with Crippen LogP contribution in [0.2, 0.25) is 0 Å². The minimum Gasteiger partial charge on any atom is -0.493 e. The summed E-state index contributed by atoms with van der Waals surface area (Å²) in [5, 5.41) is 3.07. The Labute approximate surface area is 124 Å². The Hall–Kier alpha value is -2.02. The fourth-order valence-electron chi connectivity index (χ4n) is 2.47. The molecule has 1 aromatic carbocycles. The second-order valence-electron chi connectivity index (χ2n) is 5.13. The zero-order chi connectivity index (χ0) is 14.9. The van der Waals surface area contributed by atoms with Gasteiger partial charge in [0.2, 0.25) is 10.0 Å². The zero-order valence-corrected chi connectivity index (χ0v) is 12.5. The van der Waals surface area contributed by atoms with Crippen LogP contribution in [0.3, 0.4) is 0 Å². The van der Waals surface area contributed by atoms with Crippen LogP contribution in [0.15, 0.2) is 29.3 Å². The number of rotatable bonds is 3. The Morgan fingerprint density at radius 2 is 2.33 bits per heavy atom. The van der Waals surface area contributed by atoms with Gasteiger partial charge in [-0.15, -0.1) is 0 Å². The fraction of sp³-hybridized carbons (Fsp3) is 0.357. The first-order chi connectivity index (χ1) is 10.0. The highest BCUT2D eigenvalue weighted by Gasteiger charge is 2.18. The van der Waals surface area contributed by atoms with Gasteiger partial charge < -0.3 is 10.1 Å². The van der Waals surface area contributed by atoms with Crippen molar-refractivity contribution < 1.29 is 13.2 Å². The number of anilines is 1. The highest BCUT2D eigenvalue weighted by atomic mass is 32.2. The first-order valence-electron chi connectivity index (χ1n) is 6.72. The van der Waals surface area contributed by atoms with Crippen molar-refractivity contribution in [2.45, 2.75) is 12.5 Å². The molecule has 0 saturated heterocycles. The van der Waals surface area contributed by atoms with Crippen LogP contribution in [0.4, 0.5) is 5.69 Å². The molecule has 2 aliphatic heterocycles. The third-order valence-corrected chi connectivity index (χ3v) is 3.94. The maximum atomic E-state index is 11.3. The zero-order valence-electron chi connectivity index (χ0n) is 11.7. The monoisotopic (exact) mass is 307 g/mol. The summed E-state index contributed by atoms with van der Waals surface area (Å²) in [5.74, 6) is 0.779. The topological polar surface area (TPSA) is 79.8 Å². The molecule has 21 heavy (non-hydrogen) atoms. The molecule has 0 fully saturated rings. The standard InChI is InChI=1S/C14H17N3O3S/c1-21(18,19)17-11-2-3-14-13(7-11)10(4-5-20-14)6-12-8-15-9-16-12/h2-3,6-7,9,12,17H,4-5,8H2,1H3,(H,15,16)/b10-6+. The minimum atomic E-state index is -3.29. The first kappa shape index (κ1) is 13.9. The van der Waals surface area contributed by atoms with Crippen molar-refractivity contribution in [3.63, 3.8) is 0 Å². The third-order valence-electron chi connectivity index (χ3n) is 3.34.